The summed E-state index contributed by atoms with van der Waals surface area (Å²) in [6, 6.07) is -0.0765. The fourth-order valence-electron chi connectivity index (χ4n) is 1.17. The highest BCUT2D eigenvalue weighted by Gasteiger charge is 2.13. The van der Waals surface area contributed by atoms with Crippen LogP contribution < -0.4 is 5.32 Å². The Bertz CT molecular complexity index is 423. The van der Waals surface area contributed by atoms with Crippen LogP contribution in [0.2, 0.25) is 0 Å². The van der Waals surface area contributed by atoms with E-state index in [1.54, 1.807) is 12.4 Å². The molecule has 1 atom stereocenters. The minimum Gasteiger partial charge on any atom is -0.343 e. The lowest BCUT2D eigenvalue weighted by Crippen LogP contribution is -2.26. The predicted octanol–water partition coefficient (Wildman–Crippen LogP) is 1.36. The van der Waals surface area contributed by atoms with Crippen LogP contribution in [0.1, 0.15) is 28.3 Å². The van der Waals surface area contributed by atoms with Crippen LogP contribution in [0.15, 0.2) is 24.0 Å². The molecule has 2 aromatic rings. The first-order valence-electron chi connectivity index (χ1n) is 4.46. The van der Waals surface area contributed by atoms with Crippen molar-refractivity contribution in [2.24, 2.45) is 0 Å². The van der Waals surface area contributed by atoms with Crippen molar-refractivity contribution >= 4 is 17.2 Å². The molecule has 0 fully saturated rings. The number of nitrogens with one attached hydrogen (secondary N) is 2. The van der Waals surface area contributed by atoms with Gasteiger partial charge in [0.2, 0.25) is 0 Å². The van der Waals surface area contributed by atoms with Gasteiger partial charge in [-0.1, -0.05) is 0 Å². The summed E-state index contributed by atoms with van der Waals surface area (Å²) in [6.45, 7) is 1.90. The third kappa shape index (κ3) is 2.21. The summed E-state index contributed by atoms with van der Waals surface area (Å²) in [7, 11) is 0. The molecule has 2 N–H and O–H groups in total. The summed E-state index contributed by atoms with van der Waals surface area (Å²) in [5.74, 6) is -0.147. The van der Waals surface area contributed by atoms with Crippen molar-refractivity contribution in [1.82, 2.24) is 20.5 Å². The quantitative estimate of drug-likeness (QED) is 0.823. The summed E-state index contributed by atoms with van der Waals surface area (Å²) in [6.07, 6.45) is 4.77. The third-order valence-electron chi connectivity index (χ3n) is 1.93. The Morgan fingerprint density at radius 3 is 3.13 bits per heavy atom. The lowest BCUT2D eigenvalue weighted by Gasteiger charge is -2.09. The van der Waals surface area contributed by atoms with Gasteiger partial charge in [-0.3, -0.25) is 9.89 Å². The predicted molar refractivity (Wildman–Crippen MR) is 56.6 cm³/mol. The monoisotopic (exact) mass is 222 g/mol. The molecule has 78 valence electrons. The van der Waals surface area contributed by atoms with Crippen molar-refractivity contribution in [3.05, 3.63) is 34.5 Å². The fraction of sp³-hybridized carbons (Fsp3) is 0.222. The molecule has 0 aliphatic carbocycles. The van der Waals surface area contributed by atoms with E-state index < -0.39 is 0 Å². The minimum absolute atomic E-state index is 0.0765. The number of carbonyl (C=O) groups excluding carboxylic acids is 1. The summed E-state index contributed by atoms with van der Waals surface area (Å²) in [5, 5.41) is 11.9. The summed E-state index contributed by atoms with van der Waals surface area (Å²) < 4.78 is 0. The molecule has 5 nitrogen and oxygen atoms in total. The van der Waals surface area contributed by atoms with Gasteiger partial charge in [-0.2, -0.15) is 5.10 Å². The highest BCUT2D eigenvalue weighted by molar-refractivity contribution is 7.09. The van der Waals surface area contributed by atoms with Crippen LogP contribution in [-0.4, -0.2) is 21.1 Å². The zero-order valence-corrected chi connectivity index (χ0v) is 8.91. The first kappa shape index (κ1) is 9.85. The van der Waals surface area contributed by atoms with Gasteiger partial charge in [0.1, 0.15) is 5.01 Å². The largest absolute Gasteiger partial charge is 0.343 e. The van der Waals surface area contributed by atoms with Gasteiger partial charge in [0.05, 0.1) is 17.8 Å². The van der Waals surface area contributed by atoms with E-state index in [1.807, 2.05) is 12.3 Å². The van der Waals surface area contributed by atoms with Crippen LogP contribution in [-0.2, 0) is 0 Å². The Hall–Kier alpha value is -1.69. The van der Waals surface area contributed by atoms with E-state index >= 15 is 0 Å². The second-order valence-corrected chi connectivity index (χ2v) is 3.98. The average Bonchev–Trinajstić information content (AvgIpc) is 2.91. The molecule has 0 bridgehead atoms. The fourth-order valence-corrected chi connectivity index (χ4v) is 1.81. The van der Waals surface area contributed by atoms with Gasteiger partial charge in [0, 0.05) is 17.8 Å². The SMILES string of the molecule is CC(NC(=O)c1cn[nH]c1)c1nccs1. The van der Waals surface area contributed by atoms with Crippen molar-refractivity contribution in [3.63, 3.8) is 0 Å². The molecule has 1 amide bonds. The van der Waals surface area contributed by atoms with E-state index in [0.717, 1.165) is 5.01 Å². The third-order valence-corrected chi connectivity index (χ3v) is 2.89. The van der Waals surface area contributed by atoms with Gasteiger partial charge < -0.3 is 5.32 Å². The van der Waals surface area contributed by atoms with Crippen LogP contribution >= 0.6 is 11.3 Å². The van der Waals surface area contributed by atoms with E-state index in [4.69, 9.17) is 0 Å². The summed E-state index contributed by atoms with van der Waals surface area (Å²) >= 11 is 1.52. The Morgan fingerprint density at radius 1 is 1.67 bits per heavy atom. The lowest BCUT2D eigenvalue weighted by atomic mass is 10.3. The second-order valence-electron chi connectivity index (χ2n) is 3.05. The van der Waals surface area contributed by atoms with Crippen molar-refractivity contribution in [1.29, 1.82) is 0 Å². The molecule has 0 aliphatic heterocycles. The number of aromatic amines is 1. The Kier molecular flexibility index (Phi) is 2.77. The van der Waals surface area contributed by atoms with E-state index in [-0.39, 0.29) is 11.9 Å². The molecular weight excluding hydrogens is 212 g/mol. The molecule has 2 rings (SSSR count). The van der Waals surface area contributed by atoms with Crippen molar-refractivity contribution in [2.75, 3.05) is 0 Å². The number of carbonyl (C=O) groups is 1. The molecule has 6 heteroatoms. The number of amides is 1. The molecule has 2 heterocycles. The van der Waals surface area contributed by atoms with Crippen LogP contribution in [0.25, 0.3) is 0 Å². The molecule has 0 aromatic carbocycles. The van der Waals surface area contributed by atoms with Gasteiger partial charge in [-0.15, -0.1) is 11.3 Å². The first-order chi connectivity index (χ1) is 7.27. The molecular formula is C9H10N4OS. The minimum atomic E-state index is -0.147. The molecule has 0 spiro atoms. The van der Waals surface area contributed by atoms with Crippen LogP contribution in [0, 0.1) is 0 Å². The summed E-state index contributed by atoms with van der Waals surface area (Å²) in [5.41, 5.74) is 0.526. The van der Waals surface area contributed by atoms with Crippen molar-refractivity contribution < 1.29 is 4.79 Å². The number of hydrogen-bond donors (Lipinski definition) is 2. The number of thiazole rings is 1. The number of H-pyrrole nitrogens is 1. The maximum absolute atomic E-state index is 11.6. The van der Waals surface area contributed by atoms with Crippen molar-refractivity contribution in [2.45, 2.75) is 13.0 Å². The van der Waals surface area contributed by atoms with Gasteiger partial charge in [-0.05, 0) is 6.92 Å². The highest BCUT2D eigenvalue weighted by Crippen LogP contribution is 2.14. The van der Waals surface area contributed by atoms with Gasteiger partial charge in [0.25, 0.3) is 5.91 Å². The van der Waals surface area contributed by atoms with Crippen LogP contribution in [0.5, 0.6) is 0 Å². The molecule has 1 unspecified atom stereocenters. The average molecular weight is 222 g/mol. The normalized spacial score (nSPS) is 12.3. The molecule has 0 saturated heterocycles. The van der Waals surface area contributed by atoms with Crippen LogP contribution in [0.3, 0.4) is 0 Å². The van der Waals surface area contributed by atoms with E-state index in [2.05, 4.69) is 20.5 Å². The van der Waals surface area contributed by atoms with Gasteiger partial charge >= 0.3 is 0 Å². The van der Waals surface area contributed by atoms with Crippen molar-refractivity contribution in [3.8, 4) is 0 Å². The van der Waals surface area contributed by atoms with Gasteiger partial charge in [0.15, 0.2) is 0 Å². The Morgan fingerprint density at radius 2 is 2.53 bits per heavy atom. The smallest absolute Gasteiger partial charge is 0.255 e. The topological polar surface area (TPSA) is 70.7 Å². The Labute approximate surface area is 90.6 Å². The molecule has 0 saturated carbocycles. The van der Waals surface area contributed by atoms with E-state index in [9.17, 15) is 4.79 Å². The standard InChI is InChI=1S/C9H10N4OS/c1-6(9-10-2-3-15-9)13-8(14)7-4-11-12-5-7/h2-6H,1H3,(H,11,12)(H,13,14). The maximum atomic E-state index is 11.6. The molecule has 15 heavy (non-hydrogen) atoms. The number of hydrogen-bond acceptors (Lipinski definition) is 4. The highest BCUT2D eigenvalue weighted by atomic mass is 32.1. The van der Waals surface area contributed by atoms with E-state index in [1.165, 1.54) is 17.5 Å². The number of rotatable bonds is 3. The zero-order chi connectivity index (χ0) is 10.7. The Balaban J connectivity index is 2.01. The first-order valence-corrected chi connectivity index (χ1v) is 5.34. The zero-order valence-electron chi connectivity index (χ0n) is 8.10. The van der Waals surface area contributed by atoms with Crippen LogP contribution in [0.4, 0.5) is 0 Å². The lowest BCUT2D eigenvalue weighted by molar-refractivity contribution is 0.0940. The van der Waals surface area contributed by atoms with E-state index in [0.29, 0.717) is 5.56 Å². The number of nitrogens with zero attached hydrogens (tertiary/aromatic N) is 2. The van der Waals surface area contributed by atoms with Gasteiger partial charge in [-0.25, -0.2) is 4.98 Å². The second kappa shape index (κ2) is 4.22. The number of aromatic nitrogens is 3. The summed E-state index contributed by atoms with van der Waals surface area (Å²) in [4.78, 5) is 15.7. The molecule has 0 radical (unpaired) electrons. The maximum Gasteiger partial charge on any atom is 0.255 e. The molecule has 0 aliphatic rings. The molecule has 2 aromatic heterocycles.